The highest BCUT2D eigenvalue weighted by Crippen LogP contribution is 2.52. The van der Waals surface area contributed by atoms with E-state index in [2.05, 4.69) is 50.6 Å². The van der Waals surface area contributed by atoms with Crippen molar-refractivity contribution in [1.29, 1.82) is 0 Å². The molecule has 0 atom stereocenters. The number of thiol groups is 3. The van der Waals surface area contributed by atoms with Gasteiger partial charge in [0.15, 0.2) is 0 Å². The summed E-state index contributed by atoms with van der Waals surface area (Å²) in [6, 6.07) is 0. The summed E-state index contributed by atoms with van der Waals surface area (Å²) in [4.78, 5) is 0. The molecule has 0 unspecified atom stereocenters. The molecule has 0 aliphatic carbocycles. The van der Waals surface area contributed by atoms with Crippen LogP contribution in [0.4, 0.5) is 0 Å². The molecule has 0 aromatic rings. The quantitative estimate of drug-likeness (QED) is 0.363. The van der Waals surface area contributed by atoms with E-state index in [9.17, 15) is 4.57 Å². The van der Waals surface area contributed by atoms with Crippen LogP contribution in [0.3, 0.4) is 0 Å². The van der Waals surface area contributed by atoms with Crippen LogP contribution in [0.5, 0.6) is 0 Å². The van der Waals surface area contributed by atoms with Crippen LogP contribution in [0.25, 0.3) is 0 Å². The molecule has 0 rings (SSSR count). The second-order valence-corrected chi connectivity index (χ2v) is 3.55. The molecule has 0 saturated heterocycles. The summed E-state index contributed by atoms with van der Waals surface area (Å²) in [5.74, 6) is 0. The molecule has 0 spiro atoms. The van der Waals surface area contributed by atoms with Gasteiger partial charge in [0.1, 0.15) is 0 Å². The van der Waals surface area contributed by atoms with Crippen LogP contribution in [-0.4, -0.2) is 0 Å². The molecule has 0 radical (unpaired) electrons. The summed E-state index contributed by atoms with van der Waals surface area (Å²) in [7, 11) is -3.57. The Hall–Kier alpha value is 1.16. The van der Waals surface area contributed by atoms with E-state index >= 15 is 0 Å². The third-order valence-electron chi connectivity index (χ3n) is 0.300. The average molecular weight is 194 g/mol. The molecule has 0 aliphatic heterocycles. The van der Waals surface area contributed by atoms with E-state index in [1.165, 1.54) is 0 Å². The van der Waals surface area contributed by atoms with E-state index in [-0.39, 0.29) is 0 Å². The Labute approximate surface area is 63.4 Å². The maximum absolute atomic E-state index is 10.4. The highest BCUT2D eigenvalue weighted by atomic mass is 32.1. The largest absolute Gasteiger partial charge is 0.507 e. The highest BCUT2D eigenvalue weighted by Gasteiger charge is 2.22. The second-order valence-electron chi connectivity index (χ2n) is 0.692. The Morgan fingerprint density at radius 1 is 1.00 bits per heavy atom. The van der Waals surface area contributed by atoms with Crippen LogP contribution in [0.15, 0.2) is 0 Å². The lowest BCUT2D eigenvalue weighted by molar-refractivity contribution is 0.356. The summed E-state index contributed by atoms with van der Waals surface area (Å²) >= 11 is 9.45. The fourth-order valence-corrected chi connectivity index (χ4v) is 1.21. The van der Waals surface area contributed by atoms with Crippen molar-refractivity contribution in [3.63, 3.8) is 0 Å². The maximum Gasteiger partial charge on any atom is 0.507 e. The van der Waals surface area contributed by atoms with Crippen LogP contribution in [0.1, 0.15) is 0 Å². The fraction of sp³-hybridized carbons (Fsp3) is 0. The van der Waals surface area contributed by atoms with E-state index in [1.54, 1.807) is 0 Å². The summed E-state index contributed by atoms with van der Waals surface area (Å²) in [5, 5.41) is 0. The van der Waals surface area contributed by atoms with E-state index in [0.717, 1.165) is 0 Å². The van der Waals surface area contributed by atoms with Gasteiger partial charge < -0.3 is 0 Å². The lowest BCUT2D eigenvalue weighted by atomic mass is 15.7. The number of phosphoric acid groups is 1. The Morgan fingerprint density at radius 3 is 1.25 bits per heavy atom. The van der Waals surface area contributed by atoms with Gasteiger partial charge in [-0.05, 0) is 38.7 Å². The van der Waals surface area contributed by atoms with Crippen LogP contribution < -0.4 is 0 Å². The van der Waals surface area contributed by atoms with Crippen molar-refractivity contribution < 1.29 is 16.5 Å². The molecule has 0 N–H and O–H groups in total. The van der Waals surface area contributed by atoms with E-state index in [4.69, 9.17) is 0 Å². The minimum Gasteiger partial charge on any atom is -0.225 e. The molecule has 0 aromatic heterocycles. The minimum absolute atomic E-state index is 3.15. The van der Waals surface area contributed by atoms with Crippen molar-refractivity contribution in [2.45, 2.75) is 0 Å². The van der Waals surface area contributed by atoms with Crippen molar-refractivity contribution in [2.24, 2.45) is 0 Å². The molecule has 0 bridgehead atoms. The minimum atomic E-state index is -3.57. The van der Waals surface area contributed by atoms with Crippen LogP contribution >= 0.6 is 46.6 Å². The van der Waals surface area contributed by atoms with Gasteiger partial charge >= 0.3 is 7.82 Å². The van der Waals surface area contributed by atoms with Crippen molar-refractivity contribution in [3.8, 4) is 0 Å². The second kappa shape index (κ2) is 4.05. The predicted molar refractivity (Wildman–Crippen MR) is 37.8 cm³/mol. The van der Waals surface area contributed by atoms with Gasteiger partial charge in [0.05, 0.1) is 0 Å². The summed E-state index contributed by atoms with van der Waals surface area (Å²) in [6.07, 6.45) is 0. The van der Waals surface area contributed by atoms with Crippen molar-refractivity contribution in [2.75, 3.05) is 0 Å². The Bertz CT molecular complexity index is 82.4. The predicted octanol–water partition coefficient (Wildman–Crippen LogP) is 1.68. The Kier molecular flexibility index (Phi) is 4.64. The van der Waals surface area contributed by atoms with Crippen LogP contribution in [0.2, 0.25) is 0 Å². The molecule has 0 amide bonds. The first kappa shape index (κ1) is 9.16. The van der Waals surface area contributed by atoms with E-state index in [1.807, 2.05) is 0 Å². The lowest BCUT2D eigenvalue weighted by Gasteiger charge is -2.03. The van der Waals surface area contributed by atoms with Crippen molar-refractivity contribution in [3.05, 3.63) is 0 Å². The van der Waals surface area contributed by atoms with Crippen molar-refractivity contribution in [1.82, 2.24) is 0 Å². The Balaban J connectivity index is 3.79. The fourth-order valence-electron chi connectivity index (χ4n) is 0.0447. The van der Waals surface area contributed by atoms with Gasteiger partial charge in [0.2, 0.25) is 0 Å². The van der Waals surface area contributed by atoms with Gasteiger partial charge in [0, 0.05) is 0 Å². The van der Waals surface area contributed by atoms with E-state index < -0.39 is 7.82 Å². The molecule has 0 aliphatic rings. The molecule has 4 nitrogen and oxygen atoms in total. The van der Waals surface area contributed by atoms with Gasteiger partial charge in [-0.25, -0.2) is 16.5 Å². The zero-order valence-electron chi connectivity index (χ0n) is 3.42. The SMILES string of the molecule is O=P(OS)(OS)OS. The average Bonchev–Trinajstić information content (AvgIpc) is 1.87. The summed E-state index contributed by atoms with van der Waals surface area (Å²) < 4.78 is 22.1. The maximum atomic E-state index is 10.4. The standard InChI is InChI=1S/H3O4PS3/c1-5(2-6,3-7)4-8/h6-8H. The number of hydrogen-bond donors (Lipinski definition) is 3. The number of hydrogen-bond acceptors (Lipinski definition) is 7. The van der Waals surface area contributed by atoms with Crippen LogP contribution in [0, 0.1) is 0 Å². The zero-order chi connectivity index (χ0) is 6.62. The highest BCUT2D eigenvalue weighted by molar-refractivity contribution is 7.89. The molecule has 8 heavy (non-hydrogen) atoms. The van der Waals surface area contributed by atoms with Gasteiger partial charge in [-0.1, -0.05) is 0 Å². The van der Waals surface area contributed by atoms with Crippen LogP contribution in [-0.2, 0) is 16.5 Å². The van der Waals surface area contributed by atoms with E-state index in [0.29, 0.717) is 0 Å². The topological polar surface area (TPSA) is 44.8 Å². The number of rotatable bonds is 3. The van der Waals surface area contributed by atoms with Gasteiger partial charge in [-0.15, -0.1) is 0 Å². The zero-order valence-corrected chi connectivity index (χ0v) is 7.00. The smallest absolute Gasteiger partial charge is 0.225 e. The molecular weight excluding hydrogens is 191 g/mol. The molecule has 0 saturated carbocycles. The lowest BCUT2D eigenvalue weighted by Crippen LogP contribution is -1.77. The molecule has 8 heteroatoms. The first-order valence-corrected chi connectivity index (χ1v) is 3.83. The first-order valence-electron chi connectivity index (χ1n) is 1.28. The molecule has 0 heterocycles. The monoisotopic (exact) mass is 194 g/mol. The van der Waals surface area contributed by atoms with Gasteiger partial charge in [0.25, 0.3) is 0 Å². The van der Waals surface area contributed by atoms with Crippen molar-refractivity contribution >= 4 is 46.6 Å². The summed E-state index contributed by atoms with van der Waals surface area (Å²) in [6.45, 7) is 0. The normalized spacial score (nSPS) is 11.9. The molecule has 0 aromatic carbocycles. The third-order valence-corrected chi connectivity index (χ3v) is 2.70. The first-order chi connectivity index (χ1) is 3.68. The summed E-state index contributed by atoms with van der Waals surface area (Å²) in [5.41, 5.74) is 0. The molecular formula is H3O4PS3. The Morgan fingerprint density at radius 2 is 1.25 bits per heavy atom. The third kappa shape index (κ3) is 2.63. The van der Waals surface area contributed by atoms with Gasteiger partial charge in [-0.2, -0.15) is 0 Å². The molecule has 50 valence electrons. The molecule has 0 fully saturated rings. The van der Waals surface area contributed by atoms with Gasteiger partial charge in [-0.3, -0.25) is 0 Å².